The summed E-state index contributed by atoms with van der Waals surface area (Å²) in [6.07, 6.45) is 8.74. The van der Waals surface area contributed by atoms with Gasteiger partial charge in [-0.05, 0) is 45.4 Å². The average Bonchev–Trinajstić information content (AvgIpc) is 3.41. The summed E-state index contributed by atoms with van der Waals surface area (Å²) < 4.78 is 4.51. The maximum absolute atomic E-state index is 14.1. The highest BCUT2D eigenvalue weighted by Crippen LogP contribution is 2.71. The fourth-order valence-electron chi connectivity index (χ4n) is 6.27. The van der Waals surface area contributed by atoms with Crippen LogP contribution in [0.2, 0.25) is 0 Å². The maximum atomic E-state index is 14.1. The number of esters is 1. The van der Waals surface area contributed by atoms with E-state index in [4.69, 9.17) is 4.74 Å². The molecule has 3 fully saturated rings. The first-order valence-electron chi connectivity index (χ1n) is 13.1. The highest BCUT2D eigenvalue weighted by atomic mass is 32.2. The molecule has 35 heavy (non-hydrogen) atoms. The first-order chi connectivity index (χ1) is 16.8. The van der Waals surface area contributed by atoms with Crippen molar-refractivity contribution in [3.05, 3.63) is 25.3 Å². The van der Waals surface area contributed by atoms with Crippen molar-refractivity contribution in [2.45, 2.75) is 87.3 Å². The Kier molecular flexibility index (Phi) is 9.13. The monoisotopic (exact) mass is 506 g/mol. The normalized spacial score (nSPS) is 31.8. The molecule has 0 aromatic heterocycles. The quantitative estimate of drug-likeness (QED) is 0.220. The van der Waals surface area contributed by atoms with Crippen LogP contribution in [-0.4, -0.2) is 80.6 Å². The molecule has 0 saturated carbocycles. The Hall–Kier alpha value is -1.80. The number of fused-ring (bicyclic) bond motifs is 1. The smallest absolute Gasteiger partial charge is 0.311 e. The average molecular weight is 507 g/mol. The zero-order valence-electron chi connectivity index (χ0n) is 21.5. The Morgan fingerprint density at radius 2 is 2.03 bits per heavy atom. The molecule has 3 aliphatic rings. The van der Waals surface area contributed by atoms with Gasteiger partial charge in [0.15, 0.2) is 0 Å². The van der Waals surface area contributed by atoms with Crippen LogP contribution < -0.4 is 0 Å². The van der Waals surface area contributed by atoms with Crippen LogP contribution in [0.3, 0.4) is 0 Å². The molecule has 2 amide bonds. The number of aliphatic hydroxyl groups is 1. The van der Waals surface area contributed by atoms with Gasteiger partial charge in [0.25, 0.3) is 0 Å². The molecule has 1 N–H and O–H groups in total. The van der Waals surface area contributed by atoms with Crippen molar-refractivity contribution in [1.29, 1.82) is 0 Å². The minimum Gasteiger partial charge on any atom is -0.465 e. The molecule has 3 rings (SSSR count). The fraction of sp³-hybridized carbons (Fsp3) is 0.741. The summed E-state index contributed by atoms with van der Waals surface area (Å²) in [6, 6.07) is -1.18. The number of carbonyl (C=O) groups excluding carboxylic acids is 3. The van der Waals surface area contributed by atoms with E-state index in [9.17, 15) is 19.5 Å². The molecule has 0 radical (unpaired) electrons. The van der Waals surface area contributed by atoms with E-state index < -0.39 is 33.4 Å². The number of hydrogen-bond donors (Lipinski definition) is 1. The number of hydrogen-bond acceptors (Lipinski definition) is 6. The molecule has 3 heterocycles. The summed E-state index contributed by atoms with van der Waals surface area (Å²) in [5.41, 5.74) is 0. The lowest BCUT2D eigenvalue weighted by molar-refractivity contribution is -0.156. The molecule has 3 aliphatic heterocycles. The van der Waals surface area contributed by atoms with E-state index >= 15 is 0 Å². The third kappa shape index (κ3) is 4.80. The van der Waals surface area contributed by atoms with Crippen molar-refractivity contribution in [3.8, 4) is 0 Å². The van der Waals surface area contributed by atoms with Gasteiger partial charge in [0.05, 0.1) is 35.8 Å². The number of rotatable bonds is 14. The lowest BCUT2D eigenvalue weighted by atomic mass is 9.66. The first-order valence-corrected chi connectivity index (χ1v) is 13.9. The van der Waals surface area contributed by atoms with Crippen LogP contribution >= 0.6 is 11.8 Å². The van der Waals surface area contributed by atoms with Crippen LogP contribution in [0.25, 0.3) is 0 Å². The van der Waals surface area contributed by atoms with Gasteiger partial charge in [0, 0.05) is 17.8 Å². The fourth-order valence-corrected chi connectivity index (χ4v) is 8.59. The third-order valence-electron chi connectivity index (χ3n) is 8.02. The molecule has 7 nitrogen and oxygen atoms in total. The van der Waals surface area contributed by atoms with Crippen LogP contribution in [0.5, 0.6) is 0 Å². The summed E-state index contributed by atoms with van der Waals surface area (Å²) >= 11 is 1.64. The van der Waals surface area contributed by atoms with Crippen LogP contribution in [0.15, 0.2) is 25.3 Å². The van der Waals surface area contributed by atoms with Crippen LogP contribution in [0.4, 0.5) is 0 Å². The van der Waals surface area contributed by atoms with E-state index in [0.29, 0.717) is 39.0 Å². The molecule has 6 atom stereocenters. The summed E-state index contributed by atoms with van der Waals surface area (Å²) in [5.74, 6) is -1.86. The maximum Gasteiger partial charge on any atom is 0.311 e. The molecule has 0 aliphatic carbocycles. The third-order valence-corrected chi connectivity index (χ3v) is 10.0. The van der Waals surface area contributed by atoms with Gasteiger partial charge in [0.1, 0.15) is 6.04 Å². The van der Waals surface area contributed by atoms with E-state index in [1.54, 1.807) is 33.7 Å². The topological polar surface area (TPSA) is 87.1 Å². The number of aliphatic hydroxyl groups excluding tert-OH is 1. The van der Waals surface area contributed by atoms with Gasteiger partial charge in [-0.15, -0.1) is 24.9 Å². The van der Waals surface area contributed by atoms with Gasteiger partial charge in [0.2, 0.25) is 11.8 Å². The Morgan fingerprint density at radius 3 is 2.63 bits per heavy atom. The molecular weight excluding hydrogens is 464 g/mol. The van der Waals surface area contributed by atoms with Gasteiger partial charge >= 0.3 is 5.97 Å². The number of carbonyl (C=O) groups is 3. The molecule has 0 aromatic carbocycles. The lowest BCUT2D eigenvalue weighted by Gasteiger charge is -2.39. The predicted octanol–water partition coefficient (Wildman–Crippen LogP) is 3.56. The van der Waals surface area contributed by atoms with Crippen molar-refractivity contribution in [3.63, 3.8) is 0 Å². The Bertz CT molecular complexity index is 830. The highest BCUT2D eigenvalue weighted by molar-refractivity contribution is 8.02. The van der Waals surface area contributed by atoms with Gasteiger partial charge < -0.3 is 19.6 Å². The second-order valence-electron chi connectivity index (χ2n) is 10.2. The molecular formula is C27H42N2O5S. The highest BCUT2D eigenvalue weighted by Gasteiger charge is 2.78. The van der Waals surface area contributed by atoms with Crippen LogP contribution in [0.1, 0.15) is 65.7 Å². The summed E-state index contributed by atoms with van der Waals surface area (Å²) in [4.78, 5) is 45.0. The summed E-state index contributed by atoms with van der Waals surface area (Å²) in [5, 5.41) is 10.2. The summed E-state index contributed by atoms with van der Waals surface area (Å²) in [6.45, 7) is 14.6. The second kappa shape index (κ2) is 11.5. The molecule has 3 saturated heterocycles. The standard InChI is InChI=1S/C27H42N2O5S/c1-6-10-12-17-34-25(33)21-20-23(31)29(19(9-4)18-30)22(27(20)14-13-26(21,5)35-27)24(32)28(15-8-3)16-11-7-2/h6,8,19-22,30H,1,3,7,9-18H2,2,4-5H3/t19-,20-,21-,22?,26+,27?/m0/s1. The number of thioether (sulfide) groups is 1. The van der Waals surface area contributed by atoms with Crippen molar-refractivity contribution >= 4 is 29.5 Å². The number of unbranched alkanes of at least 4 members (excludes halogenated alkanes) is 2. The van der Waals surface area contributed by atoms with E-state index in [1.165, 1.54) is 0 Å². The van der Waals surface area contributed by atoms with Crippen molar-refractivity contribution < 1.29 is 24.2 Å². The molecule has 8 heteroatoms. The lowest BCUT2D eigenvalue weighted by Crippen LogP contribution is -2.57. The molecule has 1 spiro atoms. The first kappa shape index (κ1) is 27.8. The van der Waals surface area contributed by atoms with E-state index in [1.807, 2.05) is 13.8 Å². The van der Waals surface area contributed by atoms with Crippen LogP contribution in [-0.2, 0) is 19.1 Å². The summed E-state index contributed by atoms with van der Waals surface area (Å²) in [7, 11) is 0. The van der Waals surface area contributed by atoms with E-state index in [2.05, 4.69) is 20.1 Å². The largest absolute Gasteiger partial charge is 0.465 e. The van der Waals surface area contributed by atoms with Crippen molar-refractivity contribution in [2.24, 2.45) is 11.8 Å². The number of likely N-dealkylation sites (tertiary alicyclic amines) is 1. The molecule has 196 valence electrons. The van der Waals surface area contributed by atoms with E-state index in [-0.39, 0.29) is 24.4 Å². The zero-order chi connectivity index (χ0) is 25.8. The van der Waals surface area contributed by atoms with E-state index in [0.717, 1.165) is 25.7 Å². The zero-order valence-corrected chi connectivity index (χ0v) is 22.4. The van der Waals surface area contributed by atoms with Crippen molar-refractivity contribution in [1.82, 2.24) is 9.80 Å². The number of allylic oxidation sites excluding steroid dienone is 1. The minimum absolute atomic E-state index is 0.0992. The van der Waals surface area contributed by atoms with Gasteiger partial charge in [-0.3, -0.25) is 14.4 Å². The molecule has 2 unspecified atom stereocenters. The number of ether oxygens (including phenoxy) is 1. The minimum atomic E-state index is -0.709. The van der Waals surface area contributed by atoms with Gasteiger partial charge in [-0.25, -0.2) is 0 Å². The Balaban J connectivity index is 2.01. The Labute approximate surface area is 214 Å². The Morgan fingerprint density at radius 1 is 1.29 bits per heavy atom. The SMILES string of the molecule is C=CCCCOC(=O)[C@@H]1[C@H]2C(=O)N([C@@H](CC)CO)C(C(=O)N(CC=C)CCCC)C23CC[C@@]1(C)S3. The van der Waals surface area contributed by atoms with Gasteiger partial charge in [-0.1, -0.05) is 32.4 Å². The predicted molar refractivity (Wildman–Crippen MR) is 139 cm³/mol. The molecule has 2 bridgehead atoms. The number of amides is 2. The van der Waals surface area contributed by atoms with Crippen molar-refractivity contribution in [2.75, 3.05) is 26.3 Å². The molecule has 0 aromatic rings. The number of nitrogens with zero attached hydrogens (tertiary/aromatic N) is 2. The second-order valence-corrected chi connectivity index (χ2v) is 12.1. The van der Waals surface area contributed by atoms with Crippen LogP contribution in [0, 0.1) is 11.8 Å². The van der Waals surface area contributed by atoms with Gasteiger partial charge in [-0.2, -0.15) is 0 Å².